The van der Waals surface area contributed by atoms with Gasteiger partial charge in [-0.05, 0) is 32.0 Å². The van der Waals surface area contributed by atoms with Crippen LogP contribution in [0.15, 0.2) is 27.2 Å². The number of rotatable bonds is 4. The van der Waals surface area contributed by atoms with Crippen LogP contribution in [0, 0.1) is 6.92 Å². The SMILES string of the molecule is CCOC(=O)c1c(-c2cc(Br)ccc2OC(F)(F)F)noc1C. The fourth-order valence-electron chi connectivity index (χ4n) is 1.90. The van der Waals surface area contributed by atoms with Gasteiger partial charge in [0.15, 0.2) is 0 Å². The summed E-state index contributed by atoms with van der Waals surface area (Å²) in [5, 5.41) is 3.68. The van der Waals surface area contributed by atoms with Gasteiger partial charge in [0.2, 0.25) is 0 Å². The van der Waals surface area contributed by atoms with Gasteiger partial charge >= 0.3 is 12.3 Å². The average molecular weight is 394 g/mol. The Bertz CT molecular complexity index is 727. The van der Waals surface area contributed by atoms with Gasteiger partial charge in [-0.25, -0.2) is 4.79 Å². The minimum Gasteiger partial charge on any atom is -0.462 e. The second kappa shape index (κ2) is 6.61. The van der Waals surface area contributed by atoms with Crippen molar-refractivity contribution in [1.29, 1.82) is 0 Å². The number of aryl methyl sites for hydroxylation is 1. The predicted molar refractivity (Wildman–Crippen MR) is 77.0 cm³/mol. The molecule has 124 valence electrons. The Morgan fingerprint density at radius 2 is 2.09 bits per heavy atom. The summed E-state index contributed by atoms with van der Waals surface area (Å²) in [4.78, 5) is 12.0. The van der Waals surface area contributed by atoms with E-state index in [0.717, 1.165) is 6.07 Å². The van der Waals surface area contributed by atoms with E-state index < -0.39 is 18.1 Å². The lowest BCUT2D eigenvalue weighted by Gasteiger charge is -2.13. The van der Waals surface area contributed by atoms with Gasteiger partial charge in [-0.1, -0.05) is 21.1 Å². The zero-order valence-electron chi connectivity index (χ0n) is 12.0. The number of carbonyl (C=O) groups is 1. The first-order valence-corrected chi connectivity index (χ1v) is 7.21. The molecule has 0 atom stereocenters. The number of esters is 1. The Kier molecular flexibility index (Phi) is 4.98. The number of benzene rings is 1. The van der Waals surface area contributed by atoms with E-state index in [9.17, 15) is 18.0 Å². The van der Waals surface area contributed by atoms with Crippen LogP contribution in [-0.2, 0) is 4.74 Å². The minimum atomic E-state index is -4.88. The molecule has 5 nitrogen and oxygen atoms in total. The number of ether oxygens (including phenoxy) is 2. The van der Waals surface area contributed by atoms with Crippen LogP contribution in [0.1, 0.15) is 23.0 Å². The normalized spacial score (nSPS) is 11.4. The maximum atomic E-state index is 12.6. The topological polar surface area (TPSA) is 61.6 Å². The lowest BCUT2D eigenvalue weighted by Crippen LogP contribution is -2.18. The first kappa shape index (κ1) is 17.3. The van der Waals surface area contributed by atoms with E-state index in [-0.39, 0.29) is 29.2 Å². The van der Waals surface area contributed by atoms with Crippen molar-refractivity contribution >= 4 is 21.9 Å². The van der Waals surface area contributed by atoms with Gasteiger partial charge < -0.3 is 14.0 Å². The molecule has 0 aliphatic rings. The number of aromatic nitrogens is 1. The van der Waals surface area contributed by atoms with E-state index in [2.05, 4.69) is 25.8 Å². The molecule has 0 N–H and O–H groups in total. The van der Waals surface area contributed by atoms with Crippen LogP contribution in [0.3, 0.4) is 0 Å². The van der Waals surface area contributed by atoms with Gasteiger partial charge in [0, 0.05) is 10.0 Å². The molecule has 0 aliphatic carbocycles. The number of alkyl halides is 3. The molecule has 0 unspecified atom stereocenters. The molecule has 0 aliphatic heterocycles. The molecule has 0 fully saturated rings. The Hall–Kier alpha value is -2.03. The highest BCUT2D eigenvalue weighted by Crippen LogP contribution is 2.37. The van der Waals surface area contributed by atoms with E-state index in [1.54, 1.807) is 6.92 Å². The maximum absolute atomic E-state index is 12.6. The summed E-state index contributed by atoms with van der Waals surface area (Å²) in [6, 6.07) is 3.84. The van der Waals surface area contributed by atoms with Crippen molar-refractivity contribution < 1.29 is 32.0 Å². The lowest BCUT2D eigenvalue weighted by molar-refractivity contribution is -0.274. The smallest absolute Gasteiger partial charge is 0.462 e. The van der Waals surface area contributed by atoms with Crippen LogP contribution in [0.5, 0.6) is 5.75 Å². The second-order valence-corrected chi connectivity index (χ2v) is 5.29. The summed E-state index contributed by atoms with van der Waals surface area (Å²) in [5.74, 6) is -1.10. The van der Waals surface area contributed by atoms with Crippen molar-refractivity contribution in [3.63, 3.8) is 0 Å². The molecule has 2 aromatic rings. The molecule has 1 aromatic carbocycles. The fourth-order valence-corrected chi connectivity index (χ4v) is 2.26. The molecular formula is C14H11BrF3NO4. The maximum Gasteiger partial charge on any atom is 0.573 e. The second-order valence-electron chi connectivity index (χ2n) is 4.37. The molecule has 0 radical (unpaired) electrons. The van der Waals surface area contributed by atoms with Crippen molar-refractivity contribution in [2.75, 3.05) is 6.61 Å². The Morgan fingerprint density at radius 1 is 1.39 bits per heavy atom. The Morgan fingerprint density at radius 3 is 2.70 bits per heavy atom. The monoisotopic (exact) mass is 393 g/mol. The fraction of sp³-hybridized carbons (Fsp3) is 0.286. The molecule has 0 saturated heterocycles. The number of halogens is 4. The van der Waals surface area contributed by atoms with Crippen LogP contribution >= 0.6 is 15.9 Å². The summed E-state index contributed by atoms with van der Waals surface area (Å²) in [6.07, 6.45) is -4.88. The number of nitrogens with zero attached hydrogens (tertiary/aromatic N) is 1. The highest BCUT2D eigenvalue weighted by Gasteiger charge is 2.34. The van der Waals surface area contributed by atoms with Crippen molar-refractivity contribution in [1.82, 2.24) is 5.16 Å². The molecule has 9 heteroatoms. The van der Waals surface area contributed by atoms with Crippen molar-refractivity contribution in [2.24, 2.45) is 0 Å². The van der Waals surface area contributed by atoms with Crippen molar-refractivity contribution in [2.45, 2.75) is 20.2 Å². The summed E-state index contributed by atoms with van der Waals surface area (Å²) in [6.45, 7) is 3.18. The molecule has 1 aromatic heterocycles. The van der Waals surface area contributed by atoms with Crippen LogP contribution in [-0.4, -0.2) is 24.1 Å². The highest BCUT2D eigenvalue weighted by atomic mass is 79.9. The van der Waals surface area contributed by atoms with Crippen LogP contribution < -0.4 is 4.74 Å². The van der Waals surface area contributed by atoms with Gasteiger partial charge in [0.1, 0.15) is 22.8 Å². The van der Waals surface area contributed by atoms with Crippen molar-refractivity contribution in [3.05, 3.63) is 34.0 Å². The zero-order chi connectivity index (χ0) is 17.2. The predicted octanol–water partition coefficient (Wildman–Crippen LogP) is 4.49. The summed E-state index contributed by atoms with van der Waals surface area (Å²) >= 11 is 3.16. The van der Waals surface area contributed by atoms with E-state index >= 15 is 0 Å². The van der Waals surface area contributed by atoms with Crippen LogP contribution in [0.25, 0.3) is 11.3 Å². The highest BCUT2D eigenvalue weighted by molar-refractivity contribution is 9.10. The number of carbonyl (C=O) groups excluding carboxylic acids is 1. The van der Waals surface area contributed by atoms with Crippen molar-refractivity contribution in [3.8, 4) is 17.0 Å². The third-order valence-electron chi connectivity index (χ3n) is 2.76. The number of hydrogen-bond donors (Lipinski definition) is 0. The third kappa shape index (κ3) is 4.04. The molecule has 1 heterocycles. The van der Waals surface area contributed by atoms with Gasteiger partial charge in [-0.2, -0.15) is 0 Å². The van der Waals surface area contributed by atoms with Gasteiger partial charge in [-0.3, -0.25) is 0 Å². The van der Waals surface area contributed by atoms with Crippen LogP contribution in [0.2, 0.25) is 0 Å². The zero-order valence-corrected chi connectivity index (χ0v) is 13.6. The molecule has 0 bridgehead atoms. The first-order chi connectivity index (χ1) is 10.7. The van der Waals surface area contributed by atoms with E-state index in [1.165, 1.54) is 19.1 Å². The standard InChI is InChI=1S/C14H11BrF3NO4/c1-3-21-13(20)11-7(2)23-19-12(11)9-6-8(15)4-5-10(9)22-14(16,17)18/h4-6H,3H2,1-2H3. The van der Waals surface area contributed by atoms with Gasteiger partial charge in [0.25, 0.3) is 0 Å². The average Bonchev–Trinajstić information content (AvgIpc) is 2.81. The lowest BCUT2D eigenvalue weighted by atomic mass is 10.1. The Labute approximate surface area is 137 Å². The van der Waals surface area contributed by atoms with E-state index in [4.69, 9.17) is 9.26 Å². The quantitative estimate of drug-likeness (QED) is 0.716. The van der Waals surface area contributed by atoms with E-state index in [1.807, 2.05) is 0 Å². The van der Waals surface area contributed by atoms with Crippen LogP contribution in [0.4, 0.5) is 13.2 Å². The molecule has 0 amide bonds. The molecule has 0 spiro atoms. The third-order valence-corrected chi connectivity index (χ3v) is 3.26. The summed E-state index contributed by atoms with van der Waals surface area (Å²) < 4.78 is 52.0. The summed E-state index contributed by atoms with van der Waals surface area (Å²) in [5.41, 5.74) is -0.171. The minimum absolute atomic E-state index is 0.0445. The summed E-state index contributed by atoms with van der Waals surface area (Å²) in [7, 11) is 0. The van der Waals surface area contributed by atoms with Gasteiger partial charge in [0.05, 0.1) is 6.61 Å². The molecule has 23 heavy (non-hydrogen) atoms. The molecular weight excluding hydrogens is 383 g/mol. The van der Waals surface area contributed by atoms with Gasteiger partial charge in [-0.15, -0.1) is 13.2 Å². The van der Waals surface area contributed by atoms with E-state index in [0.29, 0.717) is 4.47 Å². The number of hydrogen-bond acceptors (Lipinski definition) is 5. The first-order valence-electron chi connectivity index (χ1n) is 6.42. The Balaban J connectivity index is 2.58. The molecule has 0 saturated carbocycles. The molecule has 2 rings (SSSR count). The largest absolute Gasteiger partial charge is 0.573 e.